The average molecular weight is 271 g/mol. The van der Waals surface area contributed by atoms with Crippen LogP contribution < -0.4 is 10.6 Å². The van der Waals surface area contributed by atoms with Gasteiger partial charge in [0.1, 0.15) is 6.54 Å². The molecule has 19 heavy (non-hydrogen) atoms. The van der Waals surface area contributed by atoms with Crippen molar-refractivity contribution in [2.45, 2.75) is 32.7 Å². The van der Waals surface area contributed by atoms with Crippen LogP contribution in [0.3, 0.4) is 0 Å². The van der Waals surface area contributed by atoms with Gasteiger partial charge in [0.15, 0.2) is 0 Å². The van der Waals surface area contributed by atoms with Gasteiger partial charge < -0.3 is 20.6 Å². The van der Waals surface area contributed by atoms with Crippen LogP contribution in [0.4, 0.5) is 4.79 Å². The summed E-state index contributed by atoms with van der Waals surface area (Å²) in [6.45, 7) is 3.63. The third kappa shape index (κ3) is 6.64. The highest BCUT2D eigenvalue weighted by Gasteiger charge is 2.24. The lowest BCUT2D eigenvalue weighted by molar-refractivity contribution is -0.137. The molecule has 0 bridgehead atoms. The molecule has 1 fully saturated rings. The number of nitrogens with zero attached hydrogens (tertiary/aromatic N) is 1. The molecule has 0 aromatic rings. The maximum atomic E-state index is 11.8. The summed E-state index contributed by atoms with van der Waals surface area (Å²) in [4.78, 5) is 35.1. The van der Waals surface area contributed by atoms with Crippen molar-refractivity contribution in [3.63, 3.8) is 0 Å². The Balaban J connectivity index is 2.36. The maximum absolute atomic E-state index is 11.8. The first kappa shape index (κ1) is 15.3. The average Bonchev–Trinajstić information content (AvgIpc) is 3.07. The van der Waals surface area contributed by atoms with Gasteiger partial charge in [0.25, 0.3) is 0 Å². The molecule has 0 saturated heterocycles. The second-order valence-electron chi connectivity index (χ2n) is 5.17. The molecule has 0 heterocycles. The second kappa shape index (κ2) is 6.96. The second-order valence-corrected chi connectivity index (χ2v) is 5.17. The first-order valence-corrected chi connectivity index (χ1v) is 6.42. The van der Waals surface area contributed by atoms with E-state index in [0.29, 0.717) is 6.54 Å². The van der Waals surface area contributed by atoms with Crippen molar-refractivity contribution < 1.29 is 19.5 Å². The Bertz CT molecular complexity index is 353. The molecule has 0 aliphatic heterocycles. The number of aliphatic carboxylic acids is 1. The zero-order valence-electron chi connectivity index (χ0n) is 11.3. The van der Waals surface area contributed by atoms with E-state index >= 15 is 0 Å². The van der Waals surface area contributed by atoms with Crippen molar-refractivity contribution in [3.05, 3.63) is 0 Å². The maximum Gasteiger partial charge on any atom is 0.323 e. The van der Waals surface area contributed by atoms with Gasteiger partial charge in [0, 0.05) is 12.6 Å². The van der Waals surface area contributed by atoms with Crippen LogP contribution in [0.25, 0.3) is 0 Å². The van der Waals surface area contributed by atoms with E-state index < -0.39 is 12.0 Å². The SMILES string of the molecule is CC(C)CN(CC(=O)O)C(=O)NCC(=O)NC1CC1. The van der Waals surface area contributed by atoms with E-state index in [2.05, 4.69) is 10.6 Å². The smallest absolute Gasteiger partial charge is 0.323 e. The van der Waals surface area contributed by atoms with E-state index in [9.17, 15) is 14.4 Å². The topological polar surface area (TPSA) is 98.7 Å². The minimum Gasteiger partial charge on any atom is -0.480 e. The number of carboxylic acid groups (broad SMARTS) is 1. The highest BCUT2D eigenvalue weighted by molar-refractivity contribution is 5.85. The number of carbonyl (C=O) groups excluding carboxylic acids is 2. The number of hydrogen-bond donors (Lipinski definition) is 3. The third-order valence-corrected chi connectivity index (χ3v) is 2.54. The molecular formula is C12H21N3O4. The molecule has 7 nitrogen and oxygen atoms in total. The summed E-state index contributed by atoms with van der Waals surface area (Å²) >= 11 is 0. The predicted octanol–water partition coefficient (Wildman–Crippen LogP) is 0.0172. The normalized spacial score (nSPS) is 14.1. The summed E-state index contributed by atoms with van der Waals surface area (Å²) in [5.41, 5.74) is 0. The van der Waals surface area contributed by atoms with Gasteiger partial charge in [-0.2, -0.15) is 0 Å². The van der Waals surface area contributed by atoms with Crippen LogP contribution in [-0.2, 0) is 9.59 Å². The summed E-state index contributed by atoms with van der Waals surface area (Å²) in [6.07, 6.45) is 1.97. The Morgan fingerprint density at radius 1 is 1.32 bits per heavy atom. The fraction of sp³-hybridized carbons (Fsp3) is 0.750. The van der Waals surface area contributed by atoms with Gasteiger partial charge >= 0.3 is 12.0 Å². The molecule has 0 atom stereocenters. The lowest BCUT2D eigenvalue weighted by Gasteiger charge is -2.22. The lowest BCUT2D eigenvalue weighted by Crippen LogP contribution is -2.47. The molecule has 0 spiro atoms. The van der Waals surface area contributed by atoms with Gasteiger partial charge in [-0.3, -0.25) is 9.59 Å². The van der Waals surface area contributed by atoms with Crippen LogP contribution in [-0.4, -0.2) is 53.6 Å². The van der Waals surface area contributed by atoms with E-state index in [0.717, 1.165) is 12.8 Å². The highest BCUT2D eigenvalue weighted by Crippen LogP contribution is 2.18. The zero-order chi connectivity index (χ0) is 14.4. The van der Waals surface area contributed by atoms with Crippen LogP contribution in [0.1, 0.15) is 26.7 Å². The monoisotopic (exact) mass is 271 g/mol. The van der Waals surface area contributed by atoms with Gasteiger partial charge in [-0.25, -0.2) is 4.79 Å². The van der Waals surface area contributed by atoms with Crippen LogP contribution >= 0.6 is 0 Å². The van der Waals surface area contributed by atoms with Crippen molar-refractivity contribution in [2.75, 3.05) is 19.6 Å². The molecule has 0 radical (unpaired) electrons. The summed E-state index contributed by atoms with van der Waals surface area (Å²) in [5.74, 6) is -1.15. The number of carboxylic acids is 1. The number of rotatable bonds is 7. The Hall–Kier alpha value is -1.79. The van der Waals surface area contributed by atoms with Gasteiger partial charge in [0.2, 0.25) is 5.91 Å². The fourth-order valence-corrected chi connectivity index (χ4v) is 1.60. The van der Waals surface area contributed by atoms with Gasteiger partial charge in [-0.05, 0) is 18.8 Å². The number of amides is 3. The van der Waals surface area contributed by atoms with E-state index in [1.807, 2.05) is 13.8 Å². The lowest BCUT2D eigenvalue weighted by atomic mass is 10.2. The summed E-state index contributed by atoms with van der Waals surface area (Å²) in [5, 5.41) is 13.9. The highest BCUT2D eigenvalue weighted by atomic mass is 16.4. The van der Waals surface area contributed by atoms with E-state index in [-0.39, 0.29) is 31.0 Å². The van der Waals surface area contributed by atoms with Crippen molar-refractivity contribution in [1.29, 1.82) is 0 Å². The first-order valence-electron chi connectivity index (χ1n) is 6.42. The predicted molar refractivity (Wildman–Crippen MR) is 68.6 cm³/mol. The van der Waals surface area contributed by atoms with Gasteiger partial charge in [-0.15, -0.1) is 0 Å². The summed E-state index contributed by atoms with van der Waals surface area (Å²) < 4.78 is 0. The Kier molecular flexibility index (Phi) is 5.59. The minimum atomic E-state index is -1.07. The van der Waals surface area contributed by atoms with Crippen molar-refractivity contribution in [3.8, 4) is 0 Å². The molecule has 0 aromatic carbocycles. The minimum absolute atomic E-state index is 0.121. The van der Waals surface area contributed by atoms with E-state index in [4.69, 9.17) is 5.11 Å². The number of carbonyl (C=O) groups is 3. The van der Waals surface area contributed by atoms with Crippen molar-refractivity contribution in [1.82, 2.24) is 15.5 Å². The molecule has 1 saturated carbocycles. The molecule has 3 amide bonds. The molecule has 108 valence electrons. The van der Waals surface area contributed by atoms with Gasteiger partial charge in [-0.1, -0.05) is 13.8 Å². The van der Waals surface area contributed by atoms with Crippen molar-refractivity contribution in [2.24, 2.45) is 5.92 Å². The molecule has 1 rings (SSSR count). The Morgan fingerprint density at radius 3 is 2.42 bits per heavy atom. The van der Waals surface area contributed by atoms with Crippen LogP contribution in [0.5, 0.6) is 0 Å². The van der Waals surface area contributed by atoms with Crippen LogP contribution in [0.15, 0.2) is 0 Å². The molecule has 0 unspecified atom stereocenters. The molecule has 7 heteroatoms. The summed E-state index contributed by atoms with van der Waals surface area (Å²) in [6, 6.07) is -0.280. The van der Waals surface area contributed by atoms with Gasteiger partial charge in [0.05, 0.1) is 6.54 Å². The number of hydrogen-bond acceptors (Lipinski definition) is 3. The third-order valence-electron chi connectivity index (χ3n) is 2.54. The largest absolute Gasteiger partial charge is 0.480 e. The summed E-state index contributed by atoms with van der Waals surface area (Å²) in [7, 11) is 0. The fourth-order valence-electron chi connectivity index (χ4n) is 1.60. The Morgan fingerprint density at radius 2 is 1.95 bits per heavy atom. The standard InChI is InChI=1S/C12H21N3O4/c1-8(2)6-15(7-11(17)18)12(19)13-5-10(16)14-9-3-4-9/h8-9H,3-7H2,1-2H3,(H,13,19)(H,14,16)(H,17,18). The first-order chi connectivity index (χ1) is 8.88. The van der Waals surface area contributed by atoms with E-state index in [1.165, 1.54) is 4.90 Å². The Labute approximate surface area is 112 Å². The quantitative estimate of drug-likeness (QED) is 0.607. The van der Waals surface area contributed by atoms with Crippen LogP contribution in [0.2, 0.25) is 0 Å². The van der Waals surface area contributed by atoms with E-state index in [1.54, 1.807) is 0 Å². The molecule has 3 N–H and O–H groups in total. The molecule has 1 aliphatic carbocycles. The van der Waals surface area contributed by atoms with Crippen LogP contribution in [0, 0.1) is 5.92 Å². The van der Waals surface area contributed by atoms with Crippen molar-refractivity contribution >= 4 is 17.9 Å². The molecule has 0 aromatic heterocycles. The zero-order valence-corrected chi connectivity index (χ0v) is 11.3. The molecular weight excluding hydrogens is 250 g/mol. The molecule has 1 aliphatic rings. The number of nitrogens with one attached hydrogen (secondary N) is 2. The number of urea groups is 1.